The Morgan fingerprint density at radius 2 is 1.77 bits per heavy atom. The summed E-state index contributed by atoms with van der Waals surface area (Å²) in [5.41, 5.74) is 4.22. The number of hydrogen-bond donors (Lipinski definition) is 1. The van der Waals surface area contributed by atoms with Crippen molar-refractivity contribution in [1.82, 2.24) is 5.32 Å². The molecular weight excluding hydrogens is 341 g/mol. The van der Waals surface area contributed by atoms with Gasteiger partial charge in [0, 0.05) is 22.2 Å². The van der Waals surface area contributed by atoms with Crippen LogP contribution >= 0.6 is 11.6 Å². The maximum Gasteiger partial charge on any atom is 0.191 e. The van der Waals surface area contributed by atoms with Gasteiger partial charge in [-0.1, -0.05) is 66.7 Å². The molecule has 0 saturated heterocycles. The van der Waals surface area contributed by atoms with Gasteiger partial charge in [0.1, 0.15) is 7.85 Å². The number of Topliss-reactive ketones (excluding diaryl/α,β-unsaturated/α-hetero) is 1. The second-order valence-electron chi connectivity index (χ2n) is 7.26. The first-order valence-electron chi connectivity index (χ1n) is 9.29. The summed E-state index contributed by atoms with van der Waals surface area (Å²) >= 11 is 5.99. The molecule has 0 heterocycles. The Bertz CT molecular complexity index is 853. The molecule has 0 aliphatic heterocycles. The lowest BCUT2D eigenvalue weighted by Crippen LogP contribution is -2.34. The Labute approximate surface area is 161 Å². The van der Waals surface area contributed by atoms with Gasteiger partial charge >= 0.3 is 0 Å². The Kier molecular flexibility index (Phi) is 5.01. The Morgan fingerprint density at radius 3 is 2.50 bits per heavy atom. The highest BCUT2D eigenvalue weighted by atomic mass is 35.5. The van der Waals surface area contributed by atoms with E-state index >= 15 is 0 Å². The molecule has 2 nitrogen and oxygen atoms in total. The van der Waals surface area contributed by atoms with E-state index in [0.29, 0.717) is 16.5 Å². The molecule has 1 unspecified atom stereocenters. The normalized spacial score (nSPS) is 22.0. The highest BCUT2D eigenvalue weighted by Crippen LogP contribution is 2.37. The molecule has 1 saturated carbocycles. The van der Waals surface area contributed by atoms with E-state index in [1.807, 2.05) is 42.5 Å². The summed E-state index contributed by atoms with van der Waals surface area (Å²) in [7, 11) is 6.01. The van der Waals surface area contributed by atoms with E-state index in [0.717, 1.165) is 35.1 Å². The van der Waals surface area contributed by atoms with E-state index in [-0.39, 0.29) is 11.8 Å². The molecule has 2 aromatic carbocycles. The van der Waals surface area contributed by atoms with E-state index < -0.39 is 0 Å². The number of ketones is 1. The third kappa shape index (κ3) is 3.51. The maximum atomic E-state index is 13.1. The zero-order valence-electron chi connectivity index (χ0n) is 14.7. The summed E-state index contributed by atoms with van der Waals surface area (Å²) in [5, 5.41) is 4.44. The van der Waals surface area contributed by atoms with Gasteiger partial charge in [0.25, 0.3) is 0 Å². The first-order valence-corrected chi connectivity index (χ1v) is 9.67. The van der Waals surface area contributed by atoms with Gasteiger partial charge in [-0.15, -0.1) is 0 Å². The van der Waals surface area contributed by atoms with Crippen molar-refractivity contribution >= 4 is 36.8 Å². The van der Waals surface area contributed by atoms with Crippen LogP contribution < -0.4 is 10.8 Å². The van der Waals surface area contributed by atoms with Crippen LogP contribution in [0.5, 0.6) is 0 Å². The average molecular weight is 362 g/mol. The highest BCUT2D eigenvalue weighted by molar-refractivity contribution is 6.33. The van der Waals surface area contributed by atoms with Crippen LogP contribution in [0.15, 0.2) is 48.0 Å². The second-order valence-corrected chi connectivity index (χ2v) is 7.70. The average Bonchev–Trinajstić information content (AvgIpc) is 2.89. The molecule has 0 aromatic heterocycles. The molecule has 2 aliphatic carbocycles. The number of rotatable bonds is 3. The fraction of sp³-hybridized carbons (Fsp3) is 0.318. The van der Waals surface area contributed by atoms with Gasteiger partial charge in [-0.2, -0.15) is 0 Å². The van der Waals surface area contributed by atoms with Gasteiger partial charge in [0.15, 0.2) is 5.78 Å². The van der Waals surface area contributed by atoms with Crippen molar-refractivity contribution in [3.8, 4) is 0 Å². The molecule has 1 atom stereocenters. The topological polar surface area (TPSA) is 29.1 Å². The Morgan fingerprint density at radius 1 is 1.04 bits per heavy atom. The minimum atomic E-state index is -0.0974. The van der Waals surface area contributed by atoms with Crippen LogP contribution in [0.1, 0.15) is 59.6 Å². The fourth-order valence-electron chi connectivity index (χ4n) is 4.05. The van der Waals surface area contributed by atoms with Crippen LogP contribution in [-0.2, 0) is 0 Å². The lowest BCUT2D eigenvalue weighted by atomic mass is 9.90. The van der Waals surface area contributed by atoms with E-state index in [9.17, 15) is 4.79 Å². The van der Waals surface area contributed by atoms with Crippen LogP contribution in [-0.4, -0.2) is 19.7 Å². The van der Waals surface area contributed by atoms with Gasteiger partial charge in [0.2, 0.25) is 0 Å². The van der Waals surface area contributed by atoms with Crippen LogP contribution in [0.25, 0.3) is 6.08 Å². The van der Waals surface area contributed by atoms with Gasteiger partial charge in [-0.25, -0.2) is 0 Å². The van der Waals surface area contributed by atoms with Gasteiger partial charge in [-0.05, 0) is 42.2 Å². The predicted molar refractivity (Wildman–Crippen MR) is 108 cm³/mol. The SMILES string of the molecule is [B]c1ccc2c(c1)C(NC1CCCCC1)/C(=C\c1ccc(Cl)cc1)C2=O. The minimum Gasteiger partial charge on any atom is -0.303 e. The third-order valence-electron chi connectivity index (χ3n) is 5.40. The molecule has 4 rings (SSSR count). The van der Waals surface area contributed by atoms with E-state index in [4.69, 9.17) is 19.4 Å². The van der Waals surface area contributed by atoms with Crippen LogP contribution in [0, 0.1) is 0 Å². The molecule has 1 fully saturated rings. The number of fused-ring (bicyclic) bond motifs is 1. The lowest BCUT2D eigenvalue weighted by Gasteiger charge is -2.27. The van der Waals surface area contributed by atoms with E-state index in [1.54, 1.807) is 6.07 Å². The number of benzene rings is 2. The third-order valence-corrected chi connectivity index (χ3v) is 5.66. The summed E-state index contributed by atoms with van der Waals surface area (Å²) in [6.45, 7) is 0. The number of halogens is 1. The van der Waals surface area contributed by atoms with Gasteiger partial charge in [-0.3, -0.25) is 4.79 Å². The smallest absolute Gasteiger partial charge is 0.191 e. The molecule has 130 valence electrons. The van der Waals surface area contributed by atoms with Crippen molar-refractivity contribution < 1.29 is 4.79 Å². The van der Waals surface area contributed by atoms with Crippen LogP contribution in [0.4, 0.5) is 0 Å². The molecule has 2 radical (unpaired) electrons. The van der Waals surface area contributed by atoms with Crippen molar-refractivity contribution in [2.24, 2.45) is 0 Å². The number of carbonyl (C=O) groups is 1. The van der Waals surface area contributed by atoms with Crippen LogP contribution in [0.2, 0.25) is 5.02 Å². The quantitative estimate of drug-likeness (QED) is 0.649. The standard InChI is InChI=1S/C22H21BClNO/c23-15-8-11-18-19(13-15)21(25-17-4-2-1-3-5-17)20(22(18)26)12-14-6-9-16(24)10-7-14/h6-13,17,21,25H,1-5H2/b20-12+. The zero-order chi connectivity index (χ0) is 18.1. The van der Waals surface area contributed by atoms with Crippen molar-refractivity contribution in [3.05, 3.63) is 69.8 Å². The van der Waals surface area contributed by atoms with Crippen molar-refractivity contribution in [2.75, 3.05) is 0 Å². The summed E-state index contributed by atoms with van der Waals surface area (Å²) in [6.07, 6.45) is 8.11. The van der Waals surface area contributed by atoms with Gasteiger partial charge in [0.05, 0.1) is 6.04 Å². The molecule has 0 spiro atoms. The molecule has 26 heavy (non-hydrogen) atoms. The second kappa shape index (κ2) is 7.42. The largest absolute Gasteiger partial charge is 0.303 e. The summed E-state index contributed by atoms with van der Waals surface area (Å²) < 4.78 is 0. The molecule has 0 amide bonds. The lowest BCUT2D eigenvalue weighted by molar-refractivity contribution is 0.103. The summed E-state index contributed by atoms with van der Waals surface area (Å²) in [6, 6.07) is 13.5. The number of nitrogens with one attached hydrogen (secondary N) is 1. The van der Waals surface area contributed by atoms with Crippen molar-refractivity contribution in [3.63, 3.8) is 0 Å². The number of carbonyl (C=O) groups excluding carboxylic acids is 1. The summed E-state index contributed by atoms with van der Waals surface area (Å²) in [4.78, 5) is 13.1. The first kappa shape index (κ1) is 17.6. The molecule has 2 aromatic rings. The molecule has 4 heteroatoms. The van der Waals surface area contributed by atoms with Crippen molar-refractivity contribution in [1.29, 1.82) is 0 Å². The molecular formula is C22H21BClNO. The first-order chi connectivity index (χ1) is 12.6. The maximum absolute atomic E-state index is 13.1. The molecule has 1 N–H and O–H groups in total. The summed E-state index contributed by atoms with van der Waals surface area (Å²) in [5.74, 6) is 0.0864. The Hall–Kier alpha value is -1.84. The van der Waals surface area contributed by atoms with E-state index in [1.165, 1.54) is 19.3 Å². The molecule has 2 aliphatic rings. The highest BCUT2D eigenvalue weighted by Gasteiger charge is 2.35. The predicted octanol–water partition coefficient (Wildman–Crippen LogP) is 4.38. The van der Waals surface area contributed by atoms with Crippen LogP contribution in [0.3, 0.4) is 0 Å². The zero-order valence-corrected chi connectivity index (χ0v) is 15.4. The Balaban J connectivity index is 1.72. The molecule has 0 bridgehead atoms. The monoisotopic (exact) mass is 361 g/mol. The van der Waals surface area contributed by atoms with Crippen molar-refractivity contribution in [2.45, 2.75) is 44.2 Å². The number of hydrogen-bond acceptors (Lipinski definition) is 2. The fourth-order valence-corrected chi connectivity index (χ4v) is 4.18. The van der Waals surface area contributed by atoms with E-state index in [2.05, 4.69) is 5.32 Å². The van der Waals surface area contributed by atoms with Gasteiger partial charge < -0.3 is 5.32 Å². The minimum absolute atomic E-state index is 0.0864.